The smallest absolute Gasteiger partial charge is 0.222 e. The normalized spacial score (nSPS) is 16.6. The first kappa shape index (κ1) is 33.7. The maximum absolute atomic E-state index is 10.2. The molecule has 0 heterocycles. The van der Waals surface area contributed by atoms with Crippen molar-refractivity contribution in [3.63, 3.8) is 0 Å². The third kappa shape index (κ3) is 20.1. The van der Waals surface area contributed by atoms with Gasteiger partial charge in [-0.25, -0.2) is 35.0 Å². The van der Waals surface area contributed by atoms with Crippen LogP contribution < -0.4 is 0 Å². The van der Waals surface area contributed by atoms with Crippen LogP contribution in [0.5, 0.6) is 0 Å². The van der Waals surface area contributed by atoms with Crippen molar-refractivity contribution in [3.05, 3.63) is 0 Å². The molecule has 0 spiro atoms. The van der Waals surface area contributed by atoms with E-state index in [-0.39, 0.29) is 5.54 Å². The van der Waals surface area contributed by atoms with Gasteiger partial charge in [0, 0.05) is 0 Å². The van der Waals surface area contributed by atoms with Crippen LogP contribution >= 0.6 is 0 Å². The summed E-state index contributed by atoms with van der Waals surface area (Å²) < 4.78 is 0. The number of nitrogens with zero attached hydrogens (tertiary/aromatic N) is 2. The number of unbranched alkanes of at least 4 members (excludes halogenated alkanes) is 1. The first-order valence-corrected chi connectivity index (χ1v) is 12.5. The number of hydrogen-bond acceptors (Lipinski definition) is 8. The van der Waals surface area contributed by atoms with E-state index in [9.17, 15) is 9.59 Å². The molecule has 2 rings (SSSR count). The summed E-state index contributed by atoms with van der Waals surface area (Å²) in [6.45, 7) is 6.44. The van der Waals surface area contributed by atoms with Gasteiger partial charge in [-0.15, -0.1) is 0 Å². The van der Waals surface area contributed by atoms with Gasteiger partial charge < -0.3 is 0 Å². The third-order valence-electron chi connectivity index (χ3n) is 6.88. The Morgan fingerprint density at radius 2 is 1.24 bits per heavy atom. The van der Waals surface area contributed by atoms with Gasteiger partial charge in [-0.3, -0.25) is 0 Å². The first-order valence-electron chi connectivity index (χ1n) is 12.5. The van der Waals surface area contributed by atoms with Gasteiger partial charge in [-0.1, -0.05) is 77.6 Å². The molecule has 2 aliphatic carbocycles. The van der Waals surface area contributed by atoms with Gasteiger partial charge in [0.1, 0.15) is 0 Å². The minimum absolute atomic E-state index is 0.319. The number of isocyanates is 4. The van der Waals surface area contributed by atoms with Gasteiger partial charge in [-0.2, -0.15) is 4.99 Å². The highest BCUT2D eigenvalue weighted by Gasteiger charge is 2.24. The molecule has 0 radical (unpaired) electrons. The van der Waals surface area contributed by atoms with E-state index >= 15 is 0 Å². The van der Waals surface area contributed by atoms with E-state index in [4.69, 9.17) is 20.4 Å². The lowest BCUT2D eigenvalue weighted by Gasteiger charge is -2.28. The van der Waals surface area contributed by atoms with Crippen LogP contribution in [0.4, 0.5) is 0 Å². The fourth-order valence-electron chi connectivity index (χ4n) is 4.59. The molecule has 0 aliphatic heterocycles. The van der Waals surface area contributed by atoms with E-state index in [1.54, 1.807) is 38.2 Å². The van der Waals surface area contributed by atoms with Crippen molar-refractivity contribution in [2.45, 2.75) is 116 Å². The molecule has 0 amide bonds. The number of rotatable bonds is 9. The van der Waals surface area contributed by atoms with Crippen LogP contribution in [-0.2, 0) is 19.2 Å². The fraction of sp³-hybridized carbons (Fsp3) is 0.846. The second-order valence-electron chi connectivity index (χ2n) is 9.67. The van der Waals surface area contributed by atoms with Crippen LogP contribution in [0, 0.1) is 28.6 Å². The maximum atomic E-state index is 10.2. The van der Waals surface area contributed by atoms with Gasteiger partial charge in [-0.05, 0) is 50.9 Å². The Bertz CT molecular complexity index is 630. The second kappa shape index (κ2) is 23.7. The summed E-state index contributed by atoms with van der Waals surface area (Å²) in [5.74, 6) is 2.56. The molecule has 8 nitrogen and oxygen atoms in total. The minimum Gasteiger partial charge on any atom is -0.222 e. The van der Waals surface area contributed by atoms with Crippen molar-refractivity contribution in [3.8, 4) is 0 Å². The van der Waals surface area contributed by atoms with Crippen LogP contribution in [0.3, 0.4) is 0 Å². The molecule has 0 saturated heterocycles. The monoisotopic (exact) mass is 476 g/mol. The topological polar surface area (TPSA) is 141 Å². The quantitative estimate of drug-likeness (QED) is 0.220. The Morgan fingerprint density at radius 3 is 1.62 bits per heavy atom. The Morgan fingerprint density at radius 1 is 0.794 bits per heavy atom. The summed E-state index contributed by atoms with van der Waals surface area (Å²) in [4.78, 5) is 43.9. The van der Waals surface area contributed by atoms with E-state index in [1.165, 1.54) is 44.6 Å². The van der Waals surface area contributed by atoms with Crippen molar-refractivity contribution >= 4 is 24.3 Å². The molecule has 34 heavy (non-hydrogen) atoms. The van der Waals surface area contributed by atoms with Gasteiger partial charge >= 0.3 is 0 Å². The summed E-state index contributed by atoms with van der Waals surface area (Å²) in [5, 5.41) is 10.8. The molecule has 0 aromatic rings. The van der Waals surface area contributed by atoms with Crippen molar-refractivity contribution in [1.29, 1.82) is 10.8 Å². The predicted octanol–water partition coefficient (Wildman–Crippen LogP) is 6.58. The van der Waals surface area contributed by atoms with Gasteiger partial charge in [0.2, 0.25) is 24.3 Å². The molecule has 2 aliphatic rings. The third-order valence-corrected chi connectivity index (χ3v) is 6.88. The first-order chi connectivity index (χ1) is 16.3. The van der Waals surface area contributed by atoms with Crippen molar-refractivity contribution in [2.24, 2.45) is 27.7 Å². The summed E-state index contributed by atoms with van der Waals surface area (Å²) in [7, 11) is 0. The molecule has 1 unspecified atom stereocenters. The molecule has 0 bridgehead atoms. The zero-order chi connectivity index (χ0) is 26.1. The average Bonchev–Trinajstić information content (AvgIpc) is 2.82. The maximum Gasteiger partial charge on any atom is 0.235 e. The molecule has 8 heteroatoms. The average molecular weight is 477 g/mol. The molecular weight excluding hydrogens is 432 g/mol. The summed E-state index contributed by atoms with van der Waals surface area (Å²) in [6.07, 6.45) is 24.4. The number of carbonyl (C=O) groups excluding carboxylic acids is 4. The Hall–Kier alpha value is -2.48. The zero-order valence-corrected chi connectivity index (χ0v) is 21.4. The summed E-state index contributed by atoms with van der Waals surface area (Å²) in [5.41, 5.74) is -0.352. The predicted molar refractivity (Wildman–Crippen MR) is 133 cm³/mol. The lowest BCUT2D eigenvalue weighted by molar-refractivity contribution is 0.244. The lowest BCUT2D eigenvalue weighted by Crippen LogP contribution is -2.26. The SMILES string of the molecule is C1CCC(CC2CCCCC2)CC1.CC(CCCCN=C=O)C(C)(C)N=C=O.N=C=O.N=C=O. The van der Waals surface area contributed by atoms with Gasteiger partial charge in [0.05, 0.1) is 12.1 Å². The molecule has 2 N–H and O–H groups in total. The molecule has 0 aromatic carbocycles. The van der Waals surface area contributed by atoms with Crippen LogP contribution in [-0.4, -0.2) is 36.4 Å². The van der Waals surface area contributed by atoms with Crippen molar-refractivity contribution in [2.75, 3.05) is 6.54 Å². The van der Waals surface area contributed by atoms with E-state index < -0.39 is 0 Å². The van der Waals surface area contributed by atoms with E-state index in [0.717, 1.165) is 43.3 Å². The van der Waals surface area contributed by atoms with Crippen LogP contribution in [0.15, 0.2) is 9.98 Å². The van der Waals surface area contributed by atoms with Crippen LogP contribution in [0.2, 0.25) is 0 Å². The largest absolute Gasteiger partial charge is 0.235 e. The summed E-state index contributed by atoms with van der Waals surface area (Å²) >= 11 is 0. The highest BCUT2D eigenvalue weighted by Crippen LogP contribution is 2.34. The molecule has 2 fully saturated rings. The van der Waals surface area contributed by atoms with E-state index in [1.807, 2.05) is 13.8 Å². The Labute approximate surface area is 205 Å². The molecule has 1 atom stereocenters. The van der Waals surface area contributed by atoms with E-state index in [2.05, 4.69) is 16.9 Å². The highest BCUT2D eigenvalue weighted by atomic mass is 16.1. The standard InChI is InChI=1S/C13H24.C11H18N2O2.2CHNO/c1-3-7-12(8-4-1)11-13-9-5-2-6-10-13;1-10(11(2,3)13-9-15)6-4-5-7-12-8-14;2*2-1-3/h12-13H,1-11H2;10H,4-7H2,1-3H3;2*2H. The van der Waals surface area contributed by atoms with Crippen molar-refractivity contribution in [1.82, 2.24) is 0 Å². The van der Waals surface area contributed by atoms with E-state index in [0.29, 0.717) is 12.5 Å². The second-order valence-corrected chi connectivity index (χ2v) is 9.67. The number of aliphatic imine (C=N–C) groups is 2. The Kier molecular flexibility index (Phi) is 23.5. The Balaban J connectivity index is 0. The lowest BCUT2D eigenvalue weighted by atomic mass is 9.78. The van der Waals surface area contributed by atoms with Gasteiger partial charge in [0.25, 0.3) is 0 Å². The van der Waals surface area contributed by atoms with Crippen LogP contribution in [0.1, 0.15) is 111 Å². The molecule has 2 saturated carbocycles. The van der Waals surface area contributed by atoms with Crippen LogP contribution in [0.25, 0.3) is 0 Å². The zero-order valence-electron chi connectivity index (χ0n) is 21.4. The molecular formula is C26H44N4O4. The highest BCUT2D eigenvalue weighted by molar-refractivity contribution is 5.34. The molecule has 0 aromatic heterocycles. The number of hydrogen-bond donors (Lipinski definition) is 2. The van der Waals surface area contributed by atoms with Crippen molar-refractivity contribution < 1.29 is 19.2 Å². The fourth-order valence-corrected chi connectivity index (χ4v) is 4.59. The van der Waals surface area contributed by atoms with Gasteiger partial charge in [0.15, 0.2) is 0 Å². The molecule has 192 valence electrons. The summed E-state index contributed by atoms with van der Waals surface area (Å²) in [6, 6.07) is 0. The number of nitrogens with one attached hydrogen (secondary N) is 2. The minimum atomic E-state index is -0.352.